The lowest BCUT2D eigenvalue weighted by Crippen LogP contribution is -2.37. The van der Waals surface area contributed by atoms with E-state index in [0.717, 1.165) is 19.0 Å². The van der Waals surface area contributed by atoms with Gasteiger partial charge in [-0.2, -0.15) is 0 Å². The second-order valence-electron chi connectivity index (χ2n) is 5.56. The molecule has 0 fully saturated rings. The summed E-state index contributed by atoms with van der Waals surface area (Å²) in [5.74, 6) is 0.826. The Morgan fingerprint density at radius 3 is 2.19 bits per heavy atom. The van der Waals surface area contributed by atoms with Gasteiger partial charge >= 0.3 is 0 Å². The second kappa shape index (κ2) is 9.00. The Labute approximate surface area is 103 Å². The highest BCUT2D eigenvalue weighted by Gasteiger charge is 2.07. The largest absolute Gasteiger partial charge is 0.313 e. The lowest BCUT2D eigenvalue weighted by molar-refractivity contribution is 0.247. The molecule has 0 aliphatic carbocycles. The molecule has 0 saturated carbocycles. The van der Waals surface area contributed by atoms with Gasteiger partial charge in [0.25, 0.3) is 0 Å². The quantitative estimate of drug-likeness (QED) is 0.652. The molecule has 2 heteroatoms. The van der Waals surface area contributed by atoms with E-state index in [9.17, 15) is 0 Å². The third kappa shape index (κ3) is 8.12. The molecule has 98 valence electrons. The molecule has 2 unspecified atom stereocenters. The summed E-state index contributed by atoms with van der Waals surface area (Å²) in [5.41, 5.74) is 0. The molecule has 0 saturated heterocycles. The third-order valence-corrected chi connectivity index (χ3v) is 3.48. The SMILES string of the molecule is CCC(C)N(C)CCNC(C)CCC(C)C. The third-order valence-electron chi connectivity index (χ3n) is 3.48. The molecule has 1 N–H and O–H groups in total. The first-order valence-electron chi connectivity index (χ1n) is 6.91. The molecule has 16 heavy (non-hydrogen) atoms. The van der Waals surface area contributed by atoms with Crippen LogP contribution in [0.3, 0.4) is 0 Å². The zero-order valence-corrected chi connectivity index (χ0v) is 12.2. The van der Waals surface area contributed by atoms with Crippen molar-refractivity contribution in [3.05, 3.63) is 0 Å². The zero-order chi connectivity index (χ0) is 12.6. The van der Waals surface area contributed by atoms with Crippen LogP contribution in [0.25, 0.3) is 0 Å². The molecule has 0 bridgehead atoms. The van der Waals surface area contributed by atoms with Gasteiger partial charge in [0.15, 0.2) is 0 Å². The van der Waals surface area contributed by atoms with E-state index >= 15 is 0 Å². The van der Waals surface area contributed by atoms with Crippen LogP contribution in [-0.2, 0) is 0 Å². The standard InChI is InChI=1S/C14H32N2/c1-7-14(5)16(6)11-10-15-13(4)9-8-12(2)3/h12-15H,7-11H2,1-6H3. The van der Waals surface area contributed by atoms with E-state index in [0.29, 0.717) is 12.1 Å². The number of hydrogen-bond donors (Lipinski definition) is 1. The van der Waals surface area contributed by atoms with E-state index < -0.39 is 0 Å². The summed E-state index contributed by atoms with van der Waals surface area (Å²) in [6.07, 6.45) is 3.86. The van der Waals surface area contributed by atoms with Crippen LogP contribution in [0.2, 0.25) is 0 Å². The van der Waals surface area contributed by atoms with Gasteiger partial charge in [0.05, 0.1) is 0 Å². The lowest BCUT2D eigenvalue weighted by atomic mass is 10.0. The van der Waals surface area contributed by atoms with Crippen LogP contribution in [0.1, 0.15) is 53.9 Å². The first-order valence-corrected chi connectivity index (χ1v) is 6.91. The maximum atomic E-state index is 3.61. The molecule has 0 aromatic heterocycles. The molecule has 2 nitrogen and oxygen atoms in total. The van der Waals surface area contributed by atoms with Crippen molar-refractivity contribution in [1.29, 1.82) is 0 Å². The fraction of sp³-hybridized carbons (Fsp3) is 1.00. The van der Waals surface area contributed by atoms with E-state index in [-0.39, 0.29) is 0 Å². The van der Waals surface area contributed by atoms with Gasteiger partial charge in [-0.1, -0.05) is 20.8 Å². The van der Waals surface area contributed by atoms with Crippen LogP contribution in [0, 0.1) is 5.92 Å². The van der Waals surface area contributed by atoms with Gasteiger partial charge in [-0.05, 0) is 46.1 Å². The van der Waals surface area contributed by atoms with E-state index in [2.05, 4.69) is 51.9 Å². The Morgan fingerprint density at radius 2 is 1.69 bits per heavy atom. The van der Waals surface area contributed by atoms with Crippen molar-refractivity contribution in [3.63, 3.8) is 0 Å². The van der Waals surface area contributed by atoms with Crippen LogP contribution in [0.15, 0.2) is 0 Å². The summed E-state index contributed by atoms with van der Waals surface area (Å²) in [7, 11) is 2.22. The van der Waals surface area contributed by atoms with Crippen LogP contribution in [0.4, 0.5) is 0 Å². The topological polar surface area (TPSA) is 15.3 Å². The summed E-state index contributed by atoms with van der Waals surface area (Å²) in [5, 5.41) is 3.61. The summed E-state index contributed by atoms with van der Waals surface area (Å²) in [4.78, 5) is 2.43. The fourth-order valence-corrected chi connectivity index (χ4v) is 1.70. The molecule has 2 atom stereocenters. The van der Waals surface area contributed by atoms with Crippen molar-refractivity contribution in [2.24, 2.45) is 5.92 Å². The summed E-state index contributed by atoms with van der Waals surface area (Å²) >= 11 is 0. The lowest BCUT2D eigenvalue weighted by Gasteiger charge is -2.24. The second-order valence-corrected chi connectivity index (χ2v) is 5.56. The van der Waals surface area contributed by atoms with Crippen molar-refractivity contribution >= 4 is 0 Å². The minimum absolute atomic E-state index is 0.660. The smallest absolute Gasteiger partial charge is 0.0107 e. The van der Waals surface area contributed by atoms with Crippen molar-refractivity contribution in [1.82, 2.24) is 10.2 Å². The van der Waals surface area contributed by atoms with Crippen LogP contribution in [-0.4, -0.2) is 37.1 Å². The molecule has 0 aromatic carbocycles. The first kappa shape index (κ1) is 15.9. The Balaban J connectivity index is 3.50. The molecule has 0 radical (unpaired) electrons. The van der Waals surface area contributed by atoms with Crippen molar-refractivity contribution in [2.75, 3.05) is 20.1 Å². The summed E-state index contributed by atoms with van der Waals surface area (Å²) in [6.45, 7) is 13.7. The van der Waals surface area contributed by atoms with Crippen molar-refractivity contribution in [3.8, 4) is 0 Å². The molecule has 0 aromatic rings. The van der Waals surface area contributed by atoms with Crippen LogP contribution < -0.4 is 5.32 Å². The Hall–Kier alpha value is -0.0800. The maximum Gasteiger partial charge on any atom is 0.0107 e. The molecule has 0 aliphatic heterocycles. The summed E-state index contributed by atoms with van der Waals surface area (Å²) < 4.78 is 0. The highest BCUT2D eigenvalue weighted by molar-refractivity contribution is 4.66. The zero-order valence-electron chi connectivity index (χ0n) is 12.2. The van der Waals surface area contributed by atoms with Crippen molar-refractivity contribution < 1.29 is 0 Å². The van der Waals surface area contributed by atoms with Gasteiger partial charge in [0.2, 0.25) is 0 Å². The molecule has 0 spiro atoms. The summed E-state index contributed by atoms with van der Waals surface area (Å²) in [6, 6.07) is 1.36. The van der Waals surface area contributed by atoms with E-state index in [1.807, 2.05) is 0 Å². The Bertz CT molecular complexity index is 157. The van der Waals surface area contributed by atoms with Gasteiger partial charge < -0.3 is 10.2 Å². The number of likely N-dealkylation sites (N-methyl/N-ethyl adjacent to an activating group) is 1. The highest BCUT2D eigenvalue weighted by Crippen LogP contribution is 2.06. The molecular weight excluding hydrogens is 196 g/mol. The Morgan fingerprint density at radius 1 is 1.06 bits per heavy atom. The average Bonchev–Trinajstić information content (AvgIpc) is 2.24. The molecular formula is C14H32N2. The van der Waals surface area contributed by atoms with Crippen molar-refractivity contribution in [2.45, 2.75) is 66.0 Å². The molecule has 0 heterocycles. The van der Waals surface area contributed by atoms with E-state index in [1.54, 1.807) is 0 Å². The maximum absolute atomic E-state index is 3.61. The molecule has 0 aliphatic rings. The highest BCUT2D eigenvalue weighted by atomic mass is 15.1. The number of rotatable bonds is 9. The molecule has 0 rings (SSSR count). The normalized spacial score (nSPS) is 15.8. The average molecular weight is 228 g/mol. The monoisotopic (exact) mass is 228 g/mol. The number of nitrogens with zero attached hydrogens (tertiary/aromatic N) is 1. The van der Waals surface area contributed by atoms with Gasteiger partial charge in [-0.25, -0.2) is 0 Å². The fourth-order valence-electron chi connectivity index (χ4n) is 1.70. The predicted molar refractivity (Wildman–Crippen MR) is 73.9 cm³/mol. The van der Waals surface area contributed by atoms with E-state index in [4.69, 9.17) is 0 Å². The first-order chi connectivity index (χ1) is 7.47. The number of nitrogens with one attached hydrogen (secondary N) is 1. The van der Waals surface area contributed by atoms with Gasteiger partial charge in [-0.15, -0.1) is 0 Å². The minimum atomic E-state index is 0.660. The van der Waals surface area contributed by atoms with Gasteiger partial charge in [-0.3, -0.25) is 0 Å². The van der Waals surface area contributed by atoms with E-state index in [1.165, 1.54) is 19.3 Å². The van der Waals surface area contributed by atoms with Crippen LogP contribution in [0.5, 0.6) is 0 Å². The minimum Gasteiger partial charge on any atom is -0.313 e. The van der Waals surface area contributed by atoms with Gasteiger partial charge in [0.1, 0.15) is 0 Å². The number of hydrogen-bond acceptors (Lipinski definition) is 2. The van der Waals surface area contributed by atoms with Gasteiger partial charge in [0, 0.05) is 25.2 Å². The van der Waals surface area contributed by atoms with Crippen LogP contribution >= 0.6 is 0 Å². The predicted octanol–water partition coefficient (Wildman–Crippen LogP) is 3.13. The Kier molecular flexibility index (Phi) is 8.96. The molecule has 0 amide bonds.